The van der Waals surface area contributed by atoms with E-state index in [1.54, 1.807) is 32.2 Å². The van der Waals surface area contributed by atoms with E-state index in [2.05, 4.69) is 26.3 Å². The van der Waals surface area contributed by atoms with Gasteiger partial charge in [0.25, 0.3) is 5.91 Å². The summed E-state index contributed by atoms with van der Waals surface area (Å²) < 4.78 is 36.5. The number of amides is 4. The van der Waals surface area contributed by atoms with Crippen LogP contribution in [0.15, 0.2) is 36.4 Å². The average molecular weight is 717 g/mol. The van der Waals surface area contributed by atoms with Gasteiger partial charge in [0.05, 0.1) is 18.2 Å². The summed E-state index contributed by atoms with van der Waals surface area (Å²) in [5.41, 5.74) is 4.94. The van der Waals surface area contributed by atoms with E-state index >= 15 is 4.79 Å². The number of nitrogens with one attached hydrogen (secondary N) is 1. The van der Waals surface area contributed by atoms with Crippen LogP contribution in [0.2, 0.25) is 0 Å². The van der Waals surface area contributed by atoms with Gasteiger partial charge in [0, 0.05) is 87.9 Å². The van der Waals surface area contributed by atoms with E-state index < -0.39 is 21.5 Å². The van der Waals surface area contributed by atoms with E-state index in [9.17, 15) is 18.0 Å². The van der Waals surface area contributed by atoms with Crippen molar-refractivity contribution < 1.29 is 27.5 Å². The Morgan fingerprint density at radius 1 is 0.922 bits per heavy atom. The van der Waals surface area contributed by atoms with Gasteiger partial charge in [-0.2, -0.15) is 12.7 Å². The van der Waals surface area contributed by atoms with Gasteiger partial charge in [-0.05, 0) is 79.5 Å². The molecule has 8 rings (SSSR count). The first-order valence-electron chi connectivity index (χ1n) is 18.2. The van der Waals surface area contributed by atoms with Crippen molar-refractivity contribution in [2.24, 2.45) is 5.41 Å². The van der Waals surface area contributed by atoms with Gasteiger partial charge in [-0.25, -0.2) is 9.52 Å². The van der Waals surface area contributed by atoms with Gasteiger partial charge in [0.2, 0.25) is 5.91 Å². The minimum atomic E-state index is -4.00. The number of ether oxygens (including phenoxy) is 1. The van der Waals surface area contributed by atoms with Crippen molar-refractivity contribution in [2.75, 3.05) is 48.4 Å². The zero-order valence-corrected chi connectivity index (χ0v) is 31.0. The maximum atomic E-state index is 15.2. The minimum absolute atomic E-state index is 0.0122. The van der Waals surface area contributed by atoms with Crippen molar-refractivity contribution in [3.63, 3.8) is 0 Å². The second-order valence-corrected chi connectivity index (χ2v) is 17.6. The van der Waals surface area contributed by atoms with E-state index in [1.165, 1.54) is 26.1 Å². The molecule has 51 heavy (non-hydrogen) atoms. The number of rotatable bonds is 6. The molecule has 5 aliphatic rings. The van der Waals surface area contributed by atoms with Gasteiger partial charge < -0.3 is 24.0 Å². The van der Waals surface area contributed by atoms with E-state index in [4.69, 9.17) is 4.74 Å². The Labute approximate surface area is 299 Å². The second-order valence-electron chi connectivity index (χ2n) is 15.7. The Balaban J connectivity index is 1.28. The first-order valence-corrected chi connectivity index (χ1v) is 19.7. The predicted octanol–water partition coefficient (Wildman–Crippen LogP) is 4.74. The van der Waals surface area contributed by atoms with E-state index in [1.807, 2.05) is 23.1 Å². The lowest BCUT2D eigenvalue weighted by Gasteiger charge is -2.43. The van der Waals surface area contributed by atoms with Crippen molar-refractivity contribution in [1.82, 2.24) is 28.3 Å². The number of hydrogen-bond acceptors (Lipinski definition) is 6. The Bertz CT molecular complexity index is 2040. The van der Waals surface area contributed by atoms with Crippen LogP contribution in [-0.4, -0.2) is 110 Å². The zero-order chi connectivity index (χ0) is 36.0. The topological polar surface area (TPSA) is 124 Å². The number of carbonyl (C=O) groups is 3. The summed E-state index contributed by atoms with van der Waals surface area (Å²) in [5, 5.41) is 1.04. The van der Waals surface area contributed by atoms with Gasteiger partial charge in [-0.3, -0.25) is 9.59 Å². The van der Waals surface area contributed by atoms with Gasteiger partial charge in [0.1, 0.15) is 5.75 Å². The van der Waals surface area contributed by atoms with Gasteiger partial charge >= 0.3 is 16.2 Å². The molecule has 2 saturated carbocycles. The number of urea groups is 1. The molecular weight excluding hydrogens is 669 g/mol. The fourth-order valence-corrected chi connectivity index (χ4v) is 10.2. The summed E-state index contributed by atoms with van der Waals surface area (Å²) in [6.45, 7) is 1.51. The number of piperazine rings is 1. The Morgan fingerprint density at radius 3 is 2.27 bits per heavy atom. The molecule has 2 aliphatic carbocycles. The molecule has 0 radical (unpaired) electrons. The lowest BCUT2D eigenvalue weighted by molar-refractivity contribution is -0.143. The van der Waals surface area contributed by atoms with Crippen molar-refractivity contribution in [3.8, 4) is 17.0 Å². The van der Waals surface area contributed by atoms with Crippen LogP contribution in [0.4, 0.5) is 4.79 Å². The molecule has 1 N–H and O–H groups in total. The molecule has 2 aromatic carbocycles. The summed E-state index contributed by atoms with van der Waals surface area (Å²) in [5.74, 6) is 0.506. The van der Waals surface area contributed by atoms with Crippen LogP contribution in [0, 0.1) is 5.41 Å². The fraction of sp³-hybridized carbons (Fsp3) is 0.553. The van der Waals surface area contributed by atoms with Crippen LogP contribution in [-0.2, 0) is 21.5 Å². The Hall–Kier alpha value is -4.10. The smallest absolute Gasteiger partial charge is 0.319 e. The summed E-state index contributed by atoms with van der Waals surface area (Å²) in [7, 11) is 3.96. The molecule has 2 bridgehead atoms. The molecule has 4 atom stereocenters. The maximum Gasteiger partial charge on any atom is 0.319 e. The lowest BCUT2D eigenvalue weighted by Crippen LogP contribution is -2.60. The number of methoxy groups -OCH3 is 1. The molecule has 272 valence electrons. The van der Waals surface area contributed by atoms with Crippen molar-refractivity contribution >= 4 is 39.0 Å². The Kier molecular flexibility index (Phi) is 8.17. The van der Waals surface area contributed by atoms with Crippen LogP contribution in [0.3, 0.4) is 0 Å². The Morgan fingerprint density at radius 2 is 1.63 bits per heavy atom. The first-order chi connectivity index (χ1) is 24.3. The maximum absolute atomic E-state index is 15.2. The number of carbonyl (C=O) groups excluding carboxylic acids is 3. The molecule has 12 nitrogen and oxygen atoms in total. The molecule has 0 unspecified atom stereocenters. The third-order valence-electron chi connectivity index (χ3n) is 12.3. The van der Waals surface area contributed by atoms with Gasteiger partial charge in [-0.15, -0.1) is 0 Å². The third kappa shape index (κ3) is 5.41. The standard InChI is InChI=1S/C38H48N6O6S/c1-40(2)37(47)42-20-25-12-13-26(21-42)44(25)36(46)38-19-31(38)30-18-27(50-5)14-16-28(30)34-33(23-9-7-6-8-10-23)29-15-11-24(17-32(29)43(34)22-38)35(45)39-51(48,49)41(3)4/h11,14-18,23,25-26,31H,6-10,12-13,19-22H2,1-5H3,(H,39,45)/t25-,26+,31-,38-/m0/s1. The molecule has 13 heteroatoms. The fourth-order valence-electron chi connectivity index (χ4n) is 9.62. The first kappa shape index (κ1) is 34.0. The second kappa shape index (κ2) is 12.3. The third-order valence-corrected chi connectivity index (χ3v) is 13.7. The number of fused-ring (bicyclic) bond motifs is 9. The van der Waals surface area contributed by atoms with Crippen molar-refractivity contribution in [3.05, 3.63) is 53.1 Å². The molecule has 2 saturated heterocycles. The largest absolute Gasteiger partial charge is 0.497 e. The van der Waals surface area contributed by atoms with Crippen LogP contribution in [0.5, 0.6) is 5.75 Å². The van der Waals surface area contributed by atoms with Crippen molar-refractivity contribution in [2.45, 2.75) is 81.8 Å². The molecule has 3 aliphatic heterocycles. The van der Waals surface area contributed by atoms with Crippen LogP contribution in [0.25, 0.3) is 22.2 Å². The minimum Gasteiger partial charge on any atom is -0.497 e. The quantitative estimate of drug-likeness (QED) is 0.393. The summed E-state index contributed by atoms with van der Waals surface area (Å²) in [4.78, 5) is 47.2. The van der Waals surface area contributed by atoms with E-state index in [-0.39, 0.29) is 35.5 Å². The molecule has 0 spiro atoms. The van der Waals surface area contributed by atoms with E-state index in [0.717, 1.165) is 76.3 Å². The van der Waals surface area contributed by atoms with Crippen LogP contribution >= 0.6 is 0 Å². The van der Waals surface area contributed by atoms with Gasteiger partial charge in [-0.1, -0.05) is 25.3 Å². The average Bonchev–Trinajstić information content (AvgIpc) is 3.71. The zero-order valence-electron chi connectivity index (χ0n) is 30.1. The van der Waals surface area contributed by atoms with Crippen LogP contribution in [0.1, 0.15) is 84.7 Å². The number of aromatic nitrogens is 1. The van der Waals surface area contributed by atoms with E-state index in [0.29, 0.717) is 32.0 Å². The lowest BCUT2D eigenvalue weighted by atomic mass is 9.81. The summed E-state index contributed by atoms with van der Waals surface area (Å²) in [6, 6.07) is 11.7. The molecule has 4 heterocycles. The highest BCUT2D eigenvalue weighted by Gasteiger charge is 2.65. The highest BCUT2D eigenvalue weighted by molar-refractivity contribution is 7.87. The highest BCUT2D eigenvalue weighted by Crippen LogP contribution is 2.66. The summed E-state index contributed by atoms with van der Waals surface area (Å²) >= 11 is 0. The molecule has 4 fully saturated rings. The number of likely N-dealkylation sites (tertiary alicyclic amines) is 1. The van der Waals surface area contributed by atoms with Crippen LogP contribution < -0.4 is 9.46 Å². The predicted molar refractivity (Wildman–Crippen MR) is 194 cm³/mol. The monoisotopic (exact) mass is 716 g/mol. The molecular formula is C38H48N6O6S. The number of nitrogens with zero attached hydrogens (tertiary/aromatic N) is 5. The number of hydrogen-bond donors (Lipinski definition) is 1. The SMILES string of the molecule is COc1ccc2c(c1)[C@@H]1C[C@]1(C(=O)N1[C@@H]3CC[C@H]1CN(C(=O)N(C)C)C3)Cn1c-2c(C2CCCCC2)c2ccc(C(=O)NS(=O)(=O)N(C)C)cc21. The highest BCUT2D eigenvalue weighted by atomic mass is 32.2. The van der Waals surface area contributed by atoms with Crippen molar-refractivity contribution in [1.29, 1.82) is 0 Å². The molecule has 3 aromatic rings. The number of benzene rings is 2. The summed E-state index contributed by atoms with van der Waals surface area (Å²) in [6.07, 6.45) is 8.06. The molecule has 1 aromatic heterocycles. The molecule has 4 amide bonds. The van der Waals surface area contributed by atoms with Gasteiger partial charge in [0.15, 0.2) is 0 Å². The normalized spacial score (nSPS) is 25.6.